The standard InChI is InChI=1S/C24H25Cl2N3O2S/c1-5-30-20-10-14(21-17(12-27)22(24(2,3)4)29-23(32)28-21)7-9-19(20)31-13-15-6-8-16(25)11-18(15)26/h6-11,21H,5,13H2,1-4H3,(H2,28,29,32)/t21-/m1/s1. The first-order valence-electron chi connectivity index (χ1n) is 10.2. The largest absolute Gasteiger partial charge is 0.490 e. The van der Waals surface area contributed by atoms with E-state index in [1.54, 1.807) is 12.1 Å². The van der Waals surface area contributed by atoms with Gasteiger partial charge < -0.3 is 20.1 Å². The van der Waals surface area contributed by atoms with Crippen molar-refractivity contribution in [2.75, 3.05) is 6.61 Å². The van der Waals surface area contributed by atoms with E-state index in [9.17, 15) is 5.26 Å². The zero-order valence-corrected chi connectivity index (χ0v) is 20.7. The van der Waals surface area contributed by atoms with Crippen LogP contribution >= 0.6 is 35.4 Å². The predicted molar refractivity (Wildman–Crippen MR) is 132 cm³/mol. The molecule has 0 aliphatic carbocycles. The zero-order valence-electron chi connectivity index (χ0n) is 18.4. The third kappa shape index (κ3) is 5.47. The summed E-state index contributed by atoms with van der Waals surface area (Å²) in [4.78, 5) is 0. The molecule has 168 valence electrons. The van der Waals surface area contributed by atoms with E-state index < -0.39 is 0 Å². The summed E-state index contributed by atoms with van der Waals surface area (Å²) in [7, 11) is 0. The van der Waals surface area contributed by atoms with Crippen molar-refractivity contribution in [2.45, 2.75) is 40.3 Å². The molecule has 0 spiro atoms. The Hall–Kier alpha value is -2.46. The van der Waals surface area contributed by atoms with Crippen molar-refractivity contribution in [3.05, 3.63) is 68.8 Å². The number of thiocarbonyl (C=S) groups is 1. The third-order valence-electron chi connectivity index (χ3n) is 4.94. The molecule has 2 aromatic rings. The minimum Gasteiger partial charge on any atom is -0.490 e. The molecule has 0 bridgehead atoms. The molecule has 0 aromatic heterocycles. The molecule has 1 heterocycles. The maximum absolute atomic E-state index is 9.92. The molecular weight excluding hydrogens is 465 g/mol. The van der Waals surface area contributed by atoms with Crippen molar-refractivity contribution in [1.29, 1.82) is 5.26 Å². The van der Waals surface area contributed by atoms with Crippen molar-refractivity contribution in [2.24, 2.45) is 5.41 Å². The minimum atomic E-state index is -0.387. The monoisotopic (exact) mass is 489 g/mol. The van der Waals surface area contributed by atoms with Gasteiger partial charge in [0.25, 0.3) is 0 Å². The second kappa shape index (κ2) is 9.99. The van der Waals surface area contributed by atoms with Crippen LogP contribution in [0, 0.1) is 16.7 Å². The Morgan fingerprint density at radius 2 is 1.84 bits per heavy atom. The van der Waals surface area contributed by atoms with E-state index in [1.807, 2.05) is 52.0 Å². The maximum Gasteiger partial charge on any atom is 0.171 e. The van der Waals surface area contributed by atoms with E-state index >= 15 is 0 Å². The van der Waals surface area contributed by atoms with Crippen molar-refractivity contribution >= 4 is 40.5 Å². The van der Waals surface area contributed by atoms with Crippen LogP contribution in [0.1, 0.15) is 44.9 Å². The molecular formula is C24H25Cl2N3O2S. The van der Waals surface area contributed by atoms with E-state index in [0.717, 1.165) is 16.8 Å². The summed E-state index contributed by atoms with van der Waals surface area (Å²) >= 11 is 17.6. The minimum absolute atomic E-state index is 0.265. The summed E-state index contributed by atoms with van der Waals surface area (Å²) in [6, 6.07) is 12.9. The van der Waals surface area contributed by atoms with E-state index in [1.165, 1.54) is 0 Å². The Bertz CT molecular complexity index is 1100. The van der Waals surface area contributed by atoms with E-state index in [4.69, 9.17) is 44.9 Å². The molecule has 8 heteroatoms. The zero-order chi connectivity index (χ0) is 23.5. The van der Waals surface area contributed by atoms with Gasteiger partial charge in [-0.25, -0.2) is 0 Å². The van der Waals surface area contributed by atoms with Gasteiger partial charge in [-0.3, -0.25) is 0 Å². The van der Waals surface area contributed by atoms with Crippen LogP contribution in [0.2, 0.25) is 10.0 Å². The first kappa shape index (κ1) is 24.2. The quantitative estimate of drug-likeness (QED) is 0.463. The SMILES string of the molecule is CCOc1cc([C@H]2NC(=S)NC(C(C)(C)C)=C2C#N)ccc1OCc1ccc(Cl)cc1Cl. The lowest BCUT2D eigenvalue weighted by Crippen LogP contribution is -2.46. The molecule has 1 aliphatic rings. The first-order chi connectivity index (χ1) is 15.1. The van der Waals surface area contributed by atoms with Crippen LogP contribution in [-0.4, -0.2) is 11.7 Å². The van der Waals surface area contributed by atoms with Crippen LogP contribution in [0.4, 0.5) is 0 Å². The Labute approximate surface area is 204 Å². The molecule has 0 fully saturated rings. The Kier molecular flexibility index (Phi) is 7.55. The Balaban J connectivity index is 1.94. The molecule has 0 amide bonds. The third-order valence-corrected chi connectivity index (χ3v) is 5.75. The number of benzene rings is 2. The van der Waals surface area contributed by atoms with Gasteiger partial charge in [0.05, 0.1) is 24.3 Å². The van der Waals surface area contributed by atoms with E-state index in [-0.39, 0.29) is 18.1 Å². The Morgan fingerprint density at radius 1 is 1.09 bits per heavy atom. The molecule has 1 aliphatic heterocycles. The van der Waals surface area contributed by atoms with Crippen LogP contribution in [-0.2, 0) is 6.61 Å². The van der Waals surface area contributed by atoms with E-state index in [0.29, 0.717) is 38.8 Å². The number of nitriles is 1. The van der Waals surface area contributed by atoms with Gasteiger partial charge in [-0.2, -0.15) is 5.26 Å². The van der Waals surface area contributed by atoms with Crippen LogP contribution in [0.5, 0.6) is 11.5 Å². The number of ether oxygens (including phenoxy) is 2. The fourth-order valence-electron chi connectivity index (χ4n) is 3.41. The molecule has 5 nitrogen and oxygen atoms in total. The van der Waals surface area contributed by atoms with Gasteiger partial charge in [0.2, 0.25) is 0 Å². The van der Waals surface area contributed by atoms with Crippen molar-refractivity contribution in [1.82, 2.24) is 10.6 Å². The number of nitrogens with zero attached hydrogens (tertiary/aromatic N) is 1. The lowest BCUT2D eigenvalue weighted by atomic mass is 9.84. The summed E-state index contributed by atoms with van der Waals surface area (Å²) < 4.78 is 11.8. The number of rotatable bonds is 6. The number of allylic oxidation sites excluding steroid dienone is 1. The molecule has 3 rings (SSSR count). The van der Waals surface area contributed by atoms with Gasteiger partial charge in [-0.15, -0.1) is 0 Å². The average molecular weight is 490 g/mol. The molecule has 2 N–H and O–H groups in total. The molecule has 0 radical (unpaired) electrons. The van der Waals surface area contributed by atoms with Crippen LogP contribution in [0.3, 0.4) is 0 Å². The number of halogens is 2. The van der Waals surface area contributed by atoms with Crippen LogP contribution in [0.15, 0.2) is 47.7 Å². The summed E-state index contributed by atoms with van der Waals surface area (Å²) in [6.45, 7) is 8.77. The highest BCUT2D eigenvalue weighted by molar-refractivity contribution is 7.80. The summed E-state index contributed by atoms with van der Waals surface area (Å²) in [6.07, 6.45) is 0. The van der Waals surface area contributed by atoms with Gasteiger partial charge in [-0.05, 0) is 49.0 Å². The number of hydrogen-bond donors (Lipinski definition) is 2. The molecule has 0 saturated heterocycles. The van der Waals surface area contributed by atoms with Gasteiger partial charge in [0.15, 0.2) is 16.6 Å². The van der Waals surface area contributed by atoms with Crippen molar-refractivity contribution in [3.63, 3.8) is 0 Å². The maximum atomic E-state index is 9.92. The average Bonchev–Trinajstić information content (AvgIpc) is 2.72. The van der Waals surface area contributed by atoms with Gasteiger partial charge in [-0.1, -0.05) is 56.1 Å². The molecule has 32 heavy (non-hydrogen) atoms. The van der Waals surface area contributed by atoms with Gasteiger partial charge >= 0.3 is 0 Å². The van der Waals surface area contributed by atoms with Gasteiger partial charge in [0, 0.05) is 26.7 Å². The summed E-state index contributed by atoms with van der Waals surface area (Å²) in [5.41, 5.74) is 2.81. The van der Waals surface area contributed by atoms with E-state index in [2.05, 4.69) is 16.7 Å². The summed E-state index contributed by atoms with van der Waals surface area (Å²) in [5.74, 6) is 1.16. The highest BCUT2D eigenvalue weighted by Crippen LogP contribution is 2.38. The highest BCUT2D eigenvalue weighted by atomic mass is 35.5. The topological polar surface area (TPSA) is 66.3 Å². The second-order valence-electron chi connectivity index (χ2n) is 8.35. The van der Waals surface area contributed by atoms with Crippen molar-refractivity contribution < 1.29 is 9.47 Å². The molecule has 0 saturated carbocycles. The van der Waals surface area contributed by atoms with Gasteiger partial charge in [0.1, 0.15) is 6.61 Å². The second-order valence-corrected chi connectivity index (χ2v) is 9.60. The van der Waals surface area contributed by atoms with Crippen LogP contribution in [0.25, 0.3) is 0 Å². The normalized spacial score (nSPS) is 16.2. The molecule has 1 atom stereocenters. The highest BCUT2D eigenvalue weighted by Gasteiger charge is 2.32. The lowest BCUT2D eigenvalue weighted by molar-refractivity contribution is 0.269. The fourth-order valence-corrected chi connectivity index (χ4v) is 4.10. The smallest absolute Gasteiger partial charge is 0.171 e. The fraction of sp³-hybridized carbons (Fsp3) is 0.333. The first-order valence-corrected chi connectivity index (χ1v) is 11.4. The number of hydrogen-bond acceptors (Lipinski definition) is 4. The number of nitrogens with one attached hydrogen (secondary N) is 2. The Morgan fingerprint density at radius 3 is 2.47 bits per heavy atom. The summed E-state index contributed by atoms with van der Waals surface area (Å²) in [5, 5.41) is 17.9. The van der Waals surface area contributed by atoms with Crippen LogP contribution < -0.4 is 20.1 Å². The predicted octanol–water partition coefficient (Wildman–Crippen LogP) is 6.31. The lowest BCUT2D eigenvalue weighted by Gasteiger charge is -2.35. The molecule has 0 unspecified atom stereocenters. The molecule has 2 aromatic carbocycles. The van der Waals surface area contributed by atoms with Crippen molar-refractivity contribution in [3.8, 4) is 17.6 Å².